The van der Waals surface area contributed by atoms with Crippen LogP contribution in [0.5, 0.6) is 5.75 Å². The van der Waals surface area contributed by atoms with Crippen LogP contribution in [0.15, 0.2) is 65.2 Å². The van der Waals surface area contributed by atoms with E-state index in [1.165, 1.54) is 7.11 Å². The van der Waals surface area contributed by atoms with Crippen LogP contribution < -0.4 is 15.4 Å². The minimum atomic E-state index is -1.23. The van der Waals surface area contributed by atoms with Gasteiger partial charge in [-0.1, -0.05) is 54.2 Å². The predicted octanol–water partition coefficient (Wildman–Crippen LogP) is 2.87. The Balaban J connectivity index is 1.83. The van der Waals surface area contributed by atoms with E-state index in [1.54, 1.807) is 24.3 Å². The molecule has 0 saturated heterocycles. The second kappa shape index (κ2) is 11.9. The number of amides is 2. The van der Waals surface area contributed by atoms with Gasteiger partial charge < -0.3 is 20.1 Å². The number of carbonyl (C=O) groups excluding carboxylic acids is 3. The lowest BCUT2D eigenvalue weighted by Gasteiger charge is -2.31. The highest BCUT2D eigenvalue weighted by molar-refractivity contribution is 8.03. The van der Waals surface area contributed by atoms with Crippen molar-refractivity contribution in [1.82, 2.24) is 10.6 Å². The number of methoxy groups -OCH3 is 1. The van der Waals surface area contributed by atoms with Gasteiger partial charge in [0.05, 0.1) is 36.1 Å². The maximum Gasteiger partial charge on any atom is 0.319 e. The largest absolute Gasteiger partial charge is 0.494 e. The lowest BCUT2D eigenvalue weighted by molar-refractivity contribution is -0.150. The summed E-state index contributed by atoms with van der Waals surface area (Å²) in [6.07, 6.45) is 0. The number of carbonyl (C=O) groups is 3. The van der Waals surface area contributed by atoms with Crippen molar-refractivity contribution in [2.45, 2.75) is 19.4 Å². The summed E-state index contributed by atoms with van der Waals surface area (Å²) in [4.78, 5) is 37.7. The number of thioether (sulfide) groups is 1. The Hall–Kier alpha value is -3.77. The number of hydrogen-bond donors (Lipinski definition) is 2. The third kappa shape index (κ3) is 5.97. The van der Waals surface area contributed by atoms with Crippen LogP contribution in [-0.4, -0.2) is 37.3 Å². The molecule has 2 aromatic rings. The minimum Gasteiger partial charge on any atom is -0.494 e. The molecule has 0 fully saturated rings. The number of nitriles is 1. The molecule has 1 aliphatic rings. The van der Waals surface area contributed by atoms with Crippen molar-refractivity contribution in [3.8, 4) is 11.8 Å². The van der Waals surface area contributed by atoms with E-state index in [0.29, 0.717) is 24.5 Å². The third-order valence-corrected chi connectivity index (χ3v) is 6.23. The molecule has 2 aromatic carbocycles. The average Bonchev–Trinajstić information content (AvgIpc) is 2.86. The maximum atomic E-state index is 12.9. The summed E-state index contributed by atoms with van der Waals surface area (Å²) >= 11 is 1.04. The van der Waals surface area contributed by atoms with E-state index in [2.05, 4.69) is 16.7 Å². The molecule has 0 radical (unpaired) electrons. The summed E-state index contributed by atoms with van der Waals surface area (Å²) < 4.78 is 10.3. The smallest absolute Gasteiger partial charge is 0.319 e. The summed E-state index contributed by atoms with van der Waals surface area (Å²) in [6.45, 7) is 2.73. The Morgan fingerprint density at radius 2 is 1.85 bits per heavy atom. The zero-order valence-corrected chi connectivity index (χ0v) is 19.7. The van der Waals surface area contributed by atoms with Crippen molar-refractivity contribution in [2.75, 3.05) is 19.5 Å². The Labute approximate surface area is 202 Å². The van der Waals surface area contributed by atoms with E-state index in [9.17, 15) is 19.6 Å². The maximum absolute atomic E-state index is 12.9. The summed E-state index contributed by atoms with van der Waals surface area (Å²) in [5, 5.41) is 15.6. The molecule has 1 aliphatic heterocycles. The van der Waals surface area contributed by atoms with Crippen LogP contribution in [0.3, 0.4) is 0 Å². The lowest BCUT2D eigenvalue weighted by atomic mass is 9.78. The van der Waals surface area contributed by atoms with E-state index in [1.807, 2.05) is 37.3 Å². The van der Waals surface area contributed by atoms with Gasteiger partial charge in [-0.2, -0.15) is 5.26 Å². The minimum absolute atomic E-state index is 0.00742. The van der Waals surface area contributed by atoms with Crippen molar-refractivity contribution >= 4 is 29.5 Å². The van der Waals surface area contributed by atoms with Crippen LogP contribution in [0.25, 0.3) is 0 Å². The van der Waals surface area contributed by atoms with Gasteiger partial charge in [0.2, 0.25) is 11.8 Å². The molecule has 0 aromatic heterocycles. The first-order valence-electron chi connectivity index (χ1n) is 10.7. The van der Waals surface area contributed by atoms with Gasteiger partial charge in [0.15, 0.2) is 0 Å². The number of nitrogens with one attached hydrogen (secondary N) is 2. The number of nitrogens with zero attached hydrogens (tertiary/aromatic N) is 1. The molecule has 0 unspecified atom stereocenters. The Kier molecular flexibility index (Phi) is 8.71. The highest BCUT2D eigenvalue weighted by Crippen LogP contribution is 2.40. The molecule has 34 heavy (non-hydrogen) atoms. The van der Waals surface area contributed by atoms with E-state index in [-0.39, 0.29) is 22.3 Å². The quantitative estimate of drug-likeness (QED) is 0.419. The van der Waals surface area contributed by atoms with E-state index >= 15 is 0 Å². The number of allylic oxidation sites excluding steroid dienone is 1. The fourth-order valence-electron chi connectivity index (χ4n) is 3.60. The van der Waals surface area contributed by atoms with Gasteiger partial charge in [0, 0.05) is 12.5 Å². The van der Waals surface area contributed by atoms with E-state index in [0.717, 1.165) is 17.3 Å². The number of hydrogen-bond acceptors (Lipinski definition) is 7. The van der Waals surface area contributed by atoms with Crippen LogP contribution in [-0.2, 0) is 25.7 Å². The fourth-order valence-corrected chi connectivity index (χ4v) is 4.48. The fraction of sp³-hybridized carbons (Fsp3) is 0.280. The zero-order valence-electron chi connectivity index (χ0n) is 18.9. The summed E-state index contributed by atoms with van der Waals surface area (Å²) in [6, 6.07) is 18.5. The number of rotatable bonds is 9. The molecule has 2 amide bonds. The Morgan fingerprint density at radius 1 is 1.15 bits per heavy atom. The van der Waals surface area contributed by atoms with Crippen molar-refractivity contribution in [1.29, 1.82) is 5.26 Å². The second-order valence-electron chi connectivity index (χ2n) is 7.38. The van der Waals surface area contributed by atoms with Crippen molar-refractivity contribution < 1.29 is 23.9 Å². The monoisotopic (exact) mass is 479 g/mol. The van der Waals surface area contributed by atoms with Crippen molar-refractivity contribution in [3.05, 3.63) is 76.3 Å². The molecule has 9 heteroatoms. The average molecular weight is 480 g/mol. The molecule has 1 heterocycles. The number of esters is 1. The SMILES string of the molecule is CCOc1ccc([C@H]2C(C#N)=C(SCC(=O)NCc3ccccc3)NC(=O)[C@H]2C(=O)OC)cc1. The van der Waals surface area contributed by atoms with Crippen LogP contribution in [0.2, 0.25) is 0 Å². The van der Waals surface area contributed by atoms with Gasteiger partial charge in [-0.3, -0.25) is 14.4 Å². The van der Waals surface area contributed by atoms with Gasteiger partial charge in [-0.05, 0) is 30.2 Å². The summed E-state index contributed by atoms with van der Waals surface area (Å²) in [5.74, 6) is -3.03. The topological polar surface area (TPSA) is 118 Å². The van der Waals surface area contributed by atoms with Gasteiger partial charge in [-0.15, -0.1) is 0 Å². The van der Waals surface area contributed by atoms with Crippen molar-refractivity contribution in [3.63, 3.8) is 0 Å². The van der Waals surface area contributed by atoms with E-state index in [4.69, 9.17) is 9.47 Å². The number of ether oxygens (including phenoxy) is 2. The van der Waals surface area contributed by atoms with Gasteiger partial charge in [0.1, 0.15) is 11.7 Å². The standard InChI is InChI=1S/C25H25N3O5S/c1-3-33-18-11-9-17(10-12-18)21-19(13-26)24(28-23(30)22(21)25(31)32-2)34-15-20(29)27-14-16-7-5-4-6-8-16/h4-12,21-22H,3,14-15H2,1-2H3,(H,27,29)(H,28,30)/t21-,22-/m0/s1. The first kappa shape index (κ1) is 24.9. The molecular formula is C25H25N3O5S. The van der Waals surface area contributed by atoms with E-state index < -0.39 is 23.7 Å². The molecule has 0 spiro atoms. The van der Waals surface area contributed by atoms with Crippen LogP contribution in [0.4, 0.5) is 0 Å². The third-order valence-electron chi connectivity index (χ3n) is 5.21. The second-order valence-corrected chi connectivity index (χ2v) is 8.36. The first-order valence-corrected chi connectivity index (χ1v) is 11.7. The molecule has 8 nitrogen and oxygen atoms in total. The summed E-state index contributed by atoms with van der Waals surface area (Å²) in [5.41, 5.74) is 1.75. The first-order chi connectivity index (χ1) is 16.5. The Bertz CT molecular complexity index is 1110. The zero-order chi connectivity index (χ0) is 24.5. The molecule has 3 rings (SSSR count). The molecule has 176 valence electrons. The molecule has 0 saturated carbocycles. The molecular weight excluding hydrogens is 454 g/mol. The van der Waals surface area contributed by atoms with Crippen molar-refractivity contribution in [2.24, 2.45) is 5.92 Å². The molecule has 2 N–H and O–H groups in total. The molecule has 2 atom stereocenters. The van der Waals surface area contributed by atoms with Gasteiger partial charge >= 0.3 is 5.97 Å². The van der Waals surface area contributed by atoms with Gasteiger partial charge in [0.25, 0.3) is 0 Å². The summed E-state index contributed by atoms with van der Waals surface area (Å²) in [7, 11) is 1.20. The molecule has 0 aliphatic carbocycles. The predicted molar refractivity (Wildman–Crippen MR) is 127 cm³/mol. The highest BCUT2D eigenvalue weighted by Gasteiger charge is 2.44. The van der Waals surface area contributed by atoms with Crippen LogP contribution >= 0.6 is 11.8 Å². The van der Waals surface area contributed by atoms with Crippen LogP contribution in [0.1, 0.15) is 24.0 Å². The van der Waals surface area contributed by atoms with Crippen LogP contribution in [0, 0.1) is 17.2 Å². The number of benzene rings is 2. The normalized spacial score (nSPS) is 17.4. The molecule has 0 bridgehead atoms. The lowest BCUT2D eigenvalue weighted by Crippen LogP contribution is -2.44. The van der Waals surface area contributed by atoms with Gasteiger partial charge in [-0.25, -0.2) is 0 Å². The Morgan fingerprint density at radius 3 is 2.47 bits per heavy atom. The highest BCUT2D eigenvalue weighted by atomic mass is 32.2.